The Bertz CT molecular complexity index is 1160. The lowest BCUT2D eigenvalue weighted by molar-refractivity contribution is -0.117. The van der Waals surface area contributed by atoms with E-state index in [2.05, 4.69) is 27.3 Å². The van der Waals surface area contributed by atoms with Crippen LogP contribution in [0.2, 0.25) is 0 Å². The molecule has 0 saturated heterocycles. The van der Waals surface area contributed by atoms with E-state index >= 15 is 0 Å². The van der Waals surface area contributed by atoms with Crippen LogP contribution < -0.4 is 5.32 Å². The van der Waals surface area contributed by atoms with E-state index in [9.17, 15) is 9.18 Å². The van der Waals surface area contributed by atoms with E-state index in [1.165, 1.54) is 0 Å². The summed E-state index contributed by atoms with van der Waals surface area (Å²) < 4.78 is 14.7. The van der Waals surface area contributed by atoms with E-state index in [1.54, 1.807) is 10.6 Å². The summed E-state index contributed by atoms with van der Waals surface area (Å²) in [6.45, 7) is 2.07. The zero-order valence-electron chi connectivity index (χ0n) is 14.0. The Kier molecular flexibility index (Phi) is 3.12. The molecular weight excluding hydrogens is 333 g/mol. The Labute approximate surface area is 148 Å². The Morgan fingerprint density at radius 3 is 3.04 bits per heavy atom. The molecule has 4 aromatic rings. The monoisotopic (exact) mass is 349 g/mol. The van der Waals surface area contributed by atoms with E-state index < -0.39 is 12.1 Å². The average Bonchev–Trinajstić information content (AvgIpc) is 3.03. The first-order chi connectivity index (χ1) is 12.6. The predicted octanol–water partition coefficient (Wildman–Crippen LogP) is 3.48. The predicted molar refractivity (Wildman–Crippen MR) is 96.6 cm³/mol. The number of H-pyrrole nitrogens is 1. The van der Waals surface area contributed by atoms with Crippen LogP contribution in [0.4, 0.5) is 10.2 Å². The third kappa shape index (κ3) is 2.35. The van der Waals surface area contributed by atoms with Crippen LogP contribution in [0.25, 0.3) is 27.7 Å². The van der Waals surface area contributed by atoms with Crippen molar-refractivity contribution >= 4 is 28.3 Å². The number of hydrogen-bond acceptors (Lipinski definition) is 3. The van der Waals surface area contributed by atoms with Gasteiger partial charge in [-0.3, -0.25) is 4.79 Å². The maximum Gasteiger partial charge on any atom is 0.231 e. The van der Waals surface area contributed by atoms with Gasteiger partial charge in [0.25, 0.3) is 0 Å². The lowest BCUT2D eigenvalue weighted by Gasteiger charge is -2.07. The van der Waals surface area contributed by atoms with Crippen molar-refractivity contribution in [1.29, 1.82) is 0 Å². The van der Waals surface area contributed by atoms with Gasteiger partial charge in [0.2, 0.25) is 5.91 Å². The van der Waals surface area contributed by atoms with E-state index in [0.29, 0.717) is 12.2 Å². The topological polar surface area (TPSA) is 75.1 Å². The fourth-order valence-corrected chi connectivity index (χ4v) is 3.31. The quantitative estimate of drug-likeness (QED) is 0.595. The number of alkyl halides is 1. The van der Waals surface area contributed by atoms with Crippen molar-refractivity contribution < 1.29 is 9.18 Å². The van der Waals surface area contributed by atoms with Crippen molar-refractivity contribution in [3.63, 3.8) is 0 Å². The van der Waals surface area contributed by atoms with Gasteiger partial charge in [0.15, 0.2) is 5.82 Å². The van der Waals surface area contributed by atoms with Gasteiger partial charge in [0, 0.05) is 35.6 Å². The number of hydrogen-bond donors (Lipinski definition) is 2. The summed E-state index contributed by atoms with van der Waals surface area (Å²) >= 11 is 0. The lowest BCUT2D eigenvalue weighted by Crippen LogP contribution is -2.15. The van der Waals surface area contributed by atoms with E-state index in [1.807, 2.05) is 36.8 Å². The van der Waals surface area contributed by atoms with Gasteiger partial charge in [-0.05, 0) is 42.7 Å². The number of pyridine rings is 2. The molecule has 0 aromatic carbocycles. The standard InChI is InChI=1S/C19H16FN5O/c1-10-13-2-4-21-18(13)22-9-15(10)11-3-5-25-12(6-11)7-17(24-25)23-19(26)14-8-16(14)20/h2-7,9,14,16H,8H2,1H3,(H,21,22)(H,23,24,26)/t14-,16+/m1/s1. The maximum atomic E-state index is 13.0. The molecule has 0 spiro atoms. The minimum atomic E-state index is -1.02. The van der Waals surface area contributed by atoms with Gasteiger partial charge in [-0.1, -0.05) is 0 Å². The first-order valence-electron chi connectivity index (χ1n) is 8.47. The summed E-state index contributed by atoms with van der Waals surface area (Å²) in [7, 11) is 0. The second-order valence-electron chi connectivity index (χ2n) is 6.70. The average molecular weight is 349 g/mol. The molecule has 5 rings (SSSR count). The van der Waals surface area contributed by atoms with Crippen LogP contribution in [-0.4, -0.2) is 31.7 Å². The molecule has 1 aliphatic carbocycles. The molecule has 1 amide bonds. The normalized spacial score (nSPS) is 19.2. The fraction of sp³-hybridized carbons (Fsp3) is 0.211. The Morgan fingerprint density at radius 2 is 2.23 bits per heavy atom. The Morgan fingerprint density at radius 1 is 1.38 bits per heavy atom. The molecule has 4 aromatic heterocycles. The number of nitrogens with one attached hydrogen (secondary N) is 2. The second-order valence-corrected chi connectivity index (χ2v) is 6.70. The lowest BCUT2D eigenvalue weighted by atomic mass is 10.0. The smallest absolute Gasteiger partial charge is 0.231 e. The number of aryl methyl sites for hydroxylation is 1. The molecule has 2 N–H and O–H groups in total. The van der Waals surface area contributed by atoms with Crippen molar-refractivity contribution in [3.8, 4) is 11.1 Å². The molecule has 0 unspecified atom stereocenters. The Balaban J connectivity index is 1.50. The zero-order chi connectivity index (χ0) is 17.8. The van der Waals surface area contributed by atoms with Gasteiger partial charge in [-0.15, -0.1) is 0 Å². The van der Waals surface area contributed by atoms with E-state index in [0.717, 1.165) is 33.2 Å². The molecule has 7 heteroatoms. The molecule has 0 bridgehead atoms. The summed E-state index contributed by atoms with van der Waals surface area (Å²) in [5.74, 6) is -0.404. The highest BCUT2D eigenvalue weighted by atomic mass is 19.1. The number of rotatable bonds is 3. The highest BCUT2D eigenvalue weighted by molar-refractivity contribution is 5.94. The first-order valence-corrected chi connectivity index (χ1v) is 8.47. The summed E-state index contributed by atoms with van der Waals surface area (Å²) in [6.07, 6.45) is 4.87. The number of fused-ring (bicyclic) bond motifs is 2. The van der Waals surface area contributed by atoms with Gasteiger partial charge in [0.1, 0.15) is 11.8 Å². The van der Waals surface area contributed by atoms with Crippen LogP contribution in [0.5, 0.6) is 0 Å². The second kappa shape index (κ2) is 5.39. The highest BCUT2D eigenvalue weighted by Gasteiger charge is 2.43. The molecule has 26 heavy (non-hydrogen) atoms. The minimum Gasteiger partial charge on any atom is -0.346 e. The SMILES string of the molecule is Cc1c(-c2ccn3nc(NC(=O)[C@@H]4C[C@@H]4F)cc3c2)cnc2[nH]ccc12. The molecule has 130 valence electrons. The third-order valence-electron chi connectivity index (χ3n) is 4.93. The summed E-state index contributed by atoms with van der Waals surface area (Å²) in [4.78, 5) is 19.5. The molecule has 1 fully saturated rings. The number of amides is 1. The van der Waals surface area contributed by atoms with Gasteiger partial charge in [0.05, 0.1) is 11.4 Å². The number of aromatic nitrogens is 4. The molecule has 1 saturated carbocycles. The first kappa shape index (κ1) is 15.1. The van der Waals surface area contributed by atoms with E-state index in [-0.39, 0.29) is 5.91 Å². The van der Waals surface area contributed by atoms with Crippen LogP contribution in [0.15, 0.2) is 42.9 Å². The molecule has 0 radical (unpaired) electrons. The van der Waals surface area contributed by atoms with Gasteiger partial charge < -0.3 is 10.3 Å². The highest BCUT2D eigenvalue weighted by Crippen LogP contribution is 2.35. The fourth-order valence-electron chi connectivity index (χ4n) is 3.31. The number of halogens is 1. The van der Waals surface area contributed by atoms with Crippen molar-refractivity contribution in [2.45, 2.75) is 19.5 Å². The summed E-state index contributed by atoms with van der Waals surface area (Å²) in [5.41, 5.74) is 4.93. The number of anilines is 1. The van der Waals surface area contributed by atoms with Crippen molar-refractivity contribution in [3.05, 3.63) is 48.4 Å². The summed E-state index contributed by atoms with van der Waals surface area (Å²) in [5, 5.41) is 8.11. The van der Waals surface area contributed by atoms with Crippen molar-refractivity contribution in [1.82, 2.24) is 19.6 Å². The molecule has 4 heterocycles. The third-order valence-corrected chi connectivity index (χ3v) is 4.93. The van der Waals surface area contributed by atoms with Crippen LogP contribution in [0.3, 0.4) is 0 Å². The summed E-state index contributed by atoms with van der Waals surface area (Å²) in [6, 6.07) is 7.77. The molecule has 1 aliphatic rings. The van der Waals surface area contributed by atoms with E-state index in [4.69, 9.17) is 0 Å². The van der Waals surface area contributed by atoms with Crippen molar-refractivity contribution in [2.75, 3.05) is 5.32 Å². The molecule has 2 atom stereocenters. The number of aromatic amines is 1. The maximum absolute atomic E-state index is 13.0. The zero-order valence-corrected chi connectivity index (χ0v) is 14.0. The molecule has 6 nitrogen and oxygen atoms in total. The minimum absolute atomic E-state index is 0.303. The van der Waals surface area contributed by atoms with Gasteiger partial charge in [-0.25, -0.2) is 13.9 Å². The Hall–Kier alpha value is -3.22. The van der Waals surface area contributed by atoms with Crippen LogP contribution in [0, 0.1) is 12.8 Å². The van der Waals surface area contributed by atoms with Gasteiger partial charge in [-0.2, -0.15) is 5.10 Å². The number of carbonyl (C=O) groups is 1. The molecular formula is C19H16FN5O. The number of carbonyl (C=O) groups excluding carboxylic acids is 1. The van der Waals surface area contributed by atoms with Crippen molar-refractivity contribution in [2.24, 2.45) is 5.92 Å². The molecule has 0 aliphatic heterocycles. The van der Waals surface area contributed by atoms with Crippen LogP contribution in [0.1, 0.15) is 12.0 Å². The van der Waals surface area contributed by atoms with Crippen LogP contribution >= 0.6 is 0 Å². The van der Waals surface area contributed by atoms with Crippen LogP contribution in [-0.2, 0) is 4.79 Å². The van der Waals surface area contributed by atoms with Gasteiger partial charge >= 0.3 is 0 Å². The number of nitrogens with zero attached hydrogens (tertiary/aromatic N) is 3. The largest absolute Gasteiger partial charge is 0.346 e.